The van der Waals surface area contributed by atoms with E-state index in [1.807, 2.05) is 0 Å². The van der Waals surface area contributed by atoms with Crippen molar-refractivity contribution in [1.82, 2.24) is 4.98 Å². The third-order valence-corrected chi connectivity index (χ3v) is 3.54. The number of carbonyl (C=O) groups is 1. The zero-order valence-corrected chi connectivity index (χ0v) is 12.5. The molecule has 1 unspecified atom stereocenters. The molecular formula is C13H12F3NO4S. The number of thiazole rings is 1. The van der Waals surface area contributed by atoms with Gasteiger partial charge in [-0.1, -0.05) is 0 Å². The van der Waals surface area contributed by atoms with Crippen LogP contribution in [0.1, 0.15) is 33.1 Å². The van der Waals surface area contributed by atoms with Gasteiger partial charge in [-0.2, -0.15) is 13.2 Å². The van der Waals surface area contributed by atoms with Crippen LogP contribution in [0.4, 0.5) is 13.2 Å². The van der Waals surface area contributed by atoms with Gasteiger partial charge in [0.05, 0.1) is 0 Å². The van der Waals surface area contributed by atoms with Crippen LogP contribution in [0.3, 0.4) is 0 Å². The standard InChI is InChI=1S/C13H12F3NO4S/c1-7-6-22-11(17-7)10(13(14,15)16)21-12(18)9-4-3-8(20-9)5-19-2/h3-4,6,10H,5H2,1-2H3. The summed E-state index contributed by atoms with van der Waals surface area (Å²) in [5.74, 6) is -1.23. The molecule has 0 amide bonds. The summed E-state index contributed by atoms with van der Waals surface area (Å²) in [6, 6.07) is 2.66. The molecule has 0 N–H and O–H groups in total. The lowest BCUT2D eigenvalue weighted by molar-refractivity contribution is -0.207. The Labute approximate surface area is 127 Å². The fourth-order valence-electron chi connectivity index (χ4n) is 1.62. The van der Waals surface area contributed by atoms with Gasteiger partial charge in [-0.05, 0) is 19.1 Å². The number of hydrogen-bond acceptors (Lipinski definition) is 6. The van der Waals surface area contributed by atoms with Gasteiger partial charge in [0.15, 0.2) is 0 Å². The van der Waals surface area contributed by atoms with Crippen molar-refractivity contribution < 1.29 is 31.9 Å². The maximum Gasteiger partial charge on any atom is 0.432 e. The van der Waals surface area contributed by atoms with E-state index >= 15 is 0 Å². The number of alkyl halides is 3. The Kier molecular flexibility index (Phi) is 4.87. The molecule has 0 bridgehead atoms. The second-order valence-corrected chi connectivity index (χ2v) is 5.24. The SMILES string of the molecule is COCc1ccc(C(=O)OC(c2nc(C)cs2)C(F)(F)F)o1. The lowest BCUT2D eigenvalue weighted by Gasteiger charge is -2.17. The fraction of sp³-hybridized carbons (Fsp3) is 0.385. The van der Waals surface area contributed by atoms with E-state index in [4.69, 9.17) is 9.15 Å². The third-order valence-electron chi connectivity index (χ3n) is 2.53. The monoisotopic (exact) mass is 335 g/mol. The molecule has 0 saturated heterocycles. The Morgan fingerprint density at radius 2 is 2.18 bits per heavy atom. The lowest BCUT2D eigenvalue weighted by Crippen LogP contribution is -2.26. The van der Waals surface area contributed by atoms with Crippen LogP contribution in [0, 0.1) is 6.92 Å². The second-order valence-electron chi connectivity index (χ2n) is 4.35. The third kappa shape index (κ3) is 3.86. The van der Waals surface area contributed by atoms with E-state index in [1.54, 1.807) is 6.92 Å². The predicted molar refractivity (Wildman–Crippen MR) is 70.5 cm³/mol. The van der Waals surface area contributed by atoms with Crippen LogP contribution in [-0.2, 0) is 16.1 Å². The molecule has 0 saturated carbocycles. The minimum atomic E-state index is -4.76. The highest BCUT2D eigenvalue weighted by molar-refractivity contribution is 7.09. The minimum Gasteiger partial charge on any atom is -0.452 e. The molecule has 120 valence electrons. The topological polar surface area (TPSA) is 61.6 Å². The summed E-state index contributed by atoms with van der Waals surface area (Å²) in [5, 5.41) is 1.12. The van der Waals surface area contributed by atoms with Crippen molar-refractivity contribution in [2.45, 2.75) is 25.8 Å². The van der Waals surface area contributed by atoms with Crippen molar-refractivity contribution >= 4 is 17.3 Å². The van der Waals surface area contributed by atoms with Crippen molar-refractivity contribution in [3.8, 4) is 0 Å². The number of aromatic nitrogens is 1. The average molecular weight is 335 g/mol. The molecule has 0 aliphatic rings. The van der Waals surface area contributed by atoms with Crippen LogP contribution in [0.5, 0.6) is 0 Å². The summed E-state index contributed by atoms with van der Waals surface area (Å²) in [6.45, 7) is 1.65. The maximum absolute atomic E-state index is 13.1. The largest absolute Gasteiger partial charge is 0.452 e. The summed E-state index contributed by atoms with van der Waals surface area (Å²) in [4.78, 5) is 15.5. The first-order chi connectivity index (χ1) is 10.3. The molecule has 22 heavy (non-hydrogen) atoms. The smallest absolute Gasteiger partial charge is 0.432 e. The summed E-state index contributed by atoms with van der Waals surface area (Å²) in [7, 11) is 1.42. The Morgan fingerprint density at radius 3 is 2.73 bits per heavy atom. The van der Waals surface area contributed by atoms with Gasteiger partial charge in [-0.25, -0.2) is 9.78 Å². The number of rotatable bonds is 5. The molecule has 1 atom stereocenters. The fourth-order valence-corrected chi connectivity index (χ4v) is 2.47. The number of carbonyl (C=O) groups excluding carboxylic acids is 1. The number of esters is 1. The molecular weight excluding hydrogens is 323 g/mol. The summed E-state index contributed by atoms with van der Waals surface area (Å²) in [5.41, 5.74) is 0.422. The van der Waals surface area contributed by atoms with E-state index in [0.29, 0.717) is 11.5 Å². The van der Waals surface area contributed by atoms with Crippen LogP contribution >= 0.6 is 11.3 Å². The zero-order valence-electron chi connectivity index (χ0n) is 11.6. The van der Waals surface area contributed by atoms with Crippen molar-refractivity contribution in [3.05, 3.63) is 39.7 Å². The minimum absolute atomic E-state index is 0.0989. The average Bonchev–Trinajstić information content (AvgIpc) is 3.04. The molecule has 0 aliphatic carbocycles. The molecule has 2 rings (SSSR count). The quantitative estimate of drug-likeness (QED) is 0.781. The van der Waals surface area contributed by atoms with Crippen molar-refractivity contribution in [2.75, 3.05) is 7.11 Å². The van der Waals surface area contributed by atoms with Crippen LogP contribution in [-0.4, -0.2) is 24.2 Å². The number of aryl methyl sites for hydroxylation is 1. The zero-order chi connectivity index (χ0) is 16.3. The molecule has 0 spiro atoms. The van der Waals surface area contributed by atoms with Gasteiger partial charge in [-0.15, -0.1) is 11.3 Å². The van der Waals surface area contributed by atoms with E-state index in [1.165, 1.54) is 24.6 Å². The van der Waals surface area contributed by atoms with Gasteiger partial charge in [0.1, 0.15) is 17.4 Å². The molecule has 0 fully saturated rings. The summed E-state index contributed by atoms with van der Waals surface area (Å²) in [6.07, 6.45) is -7.18. The summed E-state index contributed by atoms with van der Waals surface area (Å²) < 4.78 is 53.6. The molecule has 2 aromatic rings. The second kappa shape index (κ2) is 6.49. The van der Waals surface area contributed by atoms with Gasteiger partial charge >= 0.3 is 12.1 Å². The predicted octanol–water partition coefficient (Wildman–Crippen LogP) is 3.65. The van der Waals surface area contributed by atoms with Gasteiger partial charge in [-0.3, -0.25) is 0 Å². The molecule has 9 heteroatoms. The van der Waals surface area contributed by atoms with E-state index in [-0.39, 0.29) is 17.4 Å². The van der Waals surface area contributed by atoms with Gasteiger partial charge < -0.3 is 13.9 Å². The van der Waals surface area contributed by atoms with E-state index in [2.05, 4.69) is 9.72 Å². The van der Waals surface area contributed by atoms with E-state index < -0.39 is 18.2 Å². The number of ether oxygens (including phenoxy) is 2. The Hall–Kier alpha value is -1.87. The molecule has 0 aliphatic heterocycles. The number of nitrogens with zero attached hydrogens (tertiary/aromatic N) is 1. The van der Waals surface area contributed by atoms with Crippen LogP contribution in [0.15, 0.2) is 21.9 Å². The highest BCUT2D eigenvalue weighted by Gasteiger charge is 2.46. The molecule has 5 nitrogen and oxygen atoms in total. The Bertz CT molecular complexity index is 650. The molecule has 0 aromatic carbocycles. The lowest BCUT2D eigenvalue weighted by atomic mass is 10.3. The molecule has 0 radical (unpaired) electrons. The van der Waals surface area contributed by atoms with E-state index in [0.717, 1.165) is 11.3 Å². The number of hydrogen-bond donors (Lipinski definition) is 0. The number of furan rings is 1. The highest BCUT2D eigenvalue weighted by Crippen LogP contribution is 2.37. The van der Waals surface area contributed by atoms with Gasteiger partial charge in [0, 0.05) is 18.2 Å². The van der Waals surface area contributed by atoms with Crippen LogP contribution < -0.4 is 0 Å². The van der Waals surface area contributed by atoms with E-state index in [9.17, 15) is 18.0 Å². The first-order valence-electron chi connectivity index (χ1n) is 6.08. The number of methoxy groups -OCH3 is 1. The number of halogens is 3. The highest BCUT2D eigenvalue weighted by atomic mass is 32.1. The first-order valence-corrected chi connectivity index (χ1v) is 6.96. The van der Waals surface area contributed by atoms with Crippen molar-refractivity contribution in [3.63, 3.8) is 0 Å². The van der Waals surface area contributed by atoms with Gasteiger partial charge in [0.25, 0.3) is 0 Å². The Morgan fingerprint density at radius 1 is 1.45 bits per heavy atom. The van der Waals surface area contributed by atoms with Gasteiger partial charge in [0.2, 0.25) is 11.9 Å². The molecule has 2 aromatic heterocycles. The first kappa shape index (κ1) is 16.5. The maximum atomic E-state index is 13.1. The van der Waals surface area contributed by atoms with Crippen LogP contribution in [0.25, 0.3) is 0 Å². The van der Waals surface area contributed by atoms with Crippen LogP contribution in [0.2, 0.25) is 0 Å². The van der Waals surface area contributed by atoms with Crippen molar-refractivity contribution in [1.29, 1.82) is 0 Å². The Balaban J connectivity index is 2.17. The molecule has 2 heterocycles. The normalized spacial score (nSPS) is 13.1. The van der Waals surface area contributed by atoms with Crippen molar-refractivity contribution in [2.24, 2.45) is 0 Å². The summed E-state index contributed by atoms with van der Waals surface area (Å²) >= 11 is 0.776.